The second kappa shape index (κ2) is 6.33. The fraction of sp³-hybridized carbons (Fsp3) is 0.357. The van der Waals surface area contributed by atoms with Gasteiger partial charge >= 0.3 is 0 Å². The van der Waals surface area contributed by atoms with Crippen molar-refractivity contribution >= 4 is 22.6 Å². The molecule has 0 aliphatic heterocycles. The molecule has 0 bridgehead atoms. The fourth-order valence-corrected chi connectivity index (χ4v) is 2.43. The molecular formula is C14H18IN3. The molecule has 0 spiro atoms. The number of nitrogens with zero attached hydrogens (tertiary/aromatic N) is 2. The minimum Gasteiger partial charge on any atom is -0.319 e. The first-order valence-corrected chi connectivity index (χ1v) is 7.18. The summed E-state index contributed by atoms with van der Waals surface area (Å²) >= 11 is 2.28. The van der Waals surface area contributed by atoms with Gasteiger partial charge in [0.2, 0.25) is 0 Å². The fourth-order valence-electron chi connectivity index (χ4n) is 1.99. The van der Waals surface area contributed by atoms with Gasteiger partial charge in [0.25, 0.3) is 0 Å². The molecule has 1 unspecified atom stereocenters. The Labute approximate surface area is 122 Å². The molecule has 0 aliphatic rings. The maximum atomic E-state index is 4.30. The zero-order valence-electron chi connectivity index (χ0n) is 10.7. The summed E-state index contributed by atoms with van der Waals surface area (Å²) in [5.74, 6) is 0.551. The first-order chi connectivity index (χ1) is 8.69. The summed E-state index contributed by atoms with van der Waals surface area (Å²) in [5, 5.41) is 7.51. The predicted octanol–water partition coefficient (Wildman–Crippen LogP) is 2.86. The van der Waals surface area contributed by atoms with E-state index >= 15 is 0 Å². The zero-order chi connectivity index (χ0) is 13.0. The van der Waals surface area contributed by atoms with Crippen molar-refractivity contribution in [2.75, 3.05) is 13.6 Å². The molecule has 0 aliphatic carbocycles. The van der Waals surface area contributed by atoms with E-state index < -0.39 is 0 Å². The van der Waals surface area contributed by atoms with E-state index in [0.717, 1.165) is 13.1 Å². The lowest BCUT2D eigenvalue weighted by Crippen LogP contribution is -2.14. The van der Waals surface area contributed by atoms with Crippen LogP contribution in [0, 0.1) is 3.57 Å². The molecule has 0 saturated heterocycles. The van der Waals surface area contributed by atoms with Crippen LogP contribution < -0.4 is 5.32 Å². The monoisotopic (exact) mass is 355 g/mol. The van der Waals surface area contributed by atoms with Crippen LogP contribution in [-0.2, 0) is 6.54 Å². The lowest BCUT2D eigenvalue weighted by atomic mass is 10.00. The van der Waals surface area contributed by atoms with E-state index in [1.807, 2.05) is 17.9 Å². The Morgan fingerprint density at radius 2 is 2.06 bits per heavy atom. The highest BCUT2D eigenvalue weighted by molar-refractivity contribution is 14.1. The van der Waals surface area contributed by atoms with Gasteiger partial charge in [0, 0.05) is 12.7 Å². The Kier molecular flexibility index (Phi) is 4.77. The first kappa shape index (κ1) is 13.5. The van der Waals surface area contributed by atoms with Crippen LogP contribution in [0.5, 0.6) is 0 Å². The Bertz CT molecular complexity index is 490. The lowest BCUT2D eigenvalue weighted by Gasteiger charge is -2.11. The van der Waals surface area contributed by atoms with Crippen molar-refractivity contribution in [1.29, 1.82) is 0 Å². The van der Waals surface area contributed by atoms with Crippen molar-refractivity contribution in [3.8, 4) is 0 Å². The van der Waals surface area contributed by atoms with E-state index in [9.17, 15) is 0 Å². The third-order valence-electron chi connectivity index (χ3n) is 3.01. The van der Waals surface area contributed by atoms with Crippen LogP contribution in [-0.4, -0.2) is 23.4 Å². The second-order valence-electron chi connectivity index (χ2n) is 4.56. The first-order valence-electron chi connectivity index (χ1n) is 6.10. The number of hydrogen-bond donors (Lipinski definition) is 1. The maximum absolute atomic E-state index is 4.30. The largest absolute Gasteiger partial charge is 0.319 e. The van der Waals surface area contributed by atoms with E-state index in [-0.39, 0.29) is 0 Å². The number of hydrogen-bond acceptors (Lipinski definition) is 2. The Morgan fingerprint density at radius 1 is 1.33 bits per heavy atom. The van der Waals surface area contributed by atoms with Crippen LogP contribution in [0.3, 0.4) is 0 Å². The molecule has 0 fully saturated rings. The molecule has 0 amide bonds. The SMILES string of the molecule is CNCC(C)c1ccc(Cn2cc(I)cn2)cc1. The van der Waals surface area contributed by atoms with Gasteiger partial charge in [-0.05, 0) is 46.7 Å². The lowest BCUT2D eigenvalue weighted by molar-refractivity contribution is 0.672. The molecule has 3 nitrogen and oxygen atoms in total. The summed E-state index contributed by atoms with van der Waals surface area (Å²) in [6.45, 7) is 4.09. The van der Waals surface area contributed by atoms with E-state index in [1.165, 1.54) is 14.7 Å². The molecule has 0 radical (unpaired) electrons. The summed E-state index contributed by atoms with van der Waals surface area (Å²) in [4.78, 5) is 0. The van der Waals surface area contributed by atoms with Gasteiger partial charge in [0.15, 0.2) is 0 Å². The van der Waals surface area contributed by atoms with Crippen molar-refractivity contribution in [1.82, 2.24) is 15.1 Å². The Hall–Kier alpha value is -0.880. The average molecular weight is 355 g/mol. The highest BCUT2D eigenvalue weighted by atomic mass is 127. The van der Waals surface area contributed by atoms with Gasteiger partial charge < -0.3 is 5.32 Å². The quantitative estimate of drug-likeness (QED) is 0.836. The highest BCUT2D eigenvalue weighted by Crippen LogP contribution is 2.15. The van der Waals surface area contributed by atoms with Gasteiger partial charge in [-0.15, -0.1) is 0 Å². The van der Waals surface area contributed by atoms with Gasteiger partial charge in [0.05, 0.1) is 16.3 Å². The zero-order valence-corrected chi connectivity index (χ0v) is 12.9. The number of aromatic nitrogens is 2. The highest BCUT2D eigenvalue weighted by Gasteiger charge is 2.04. The van der Waals surface area contributed by atoms with E-state index in [4.69, 9.17) is 0 Å². The van der Waals surface area contributed by atoms with Gasteiger partial charge in [-0.25, -0.2) is 0 Å². The summed E-state index contributed by atoms with van der Waals surface area (Å²) in [6.07, 6.45) is 3.93. The minimum atomic E-state index is 0.551. The predicted molar refractivity (Wildman–Crippen MR) is 82.8 cm³/mol. The molecular weight excluding hydrogens is 337 g/mol. The topological polar surface area (TPSA) is 29.9 Å². The molecule has 2 aromatic rings. The van der Waals surface area contributed by atoms with E-state index in [0.29, 0.717) is 5.92 Å². The molecule has 2 rings (SSSR count). The third kappa shape index (κ3) is 3.55. The molecule has 4 heteroatoms. The molecule has 1 atom stereocenters. The van der Waals surface area contributed by atoms with Gasteiger partial charge in [0.1, 0.15) is 0 Å². The molecule has 1 aromatic heterocycles. The molecule has 1 N–H and O–H groups in total. The standard InChI is InChI=1S/C14H18IN3/c1-11(7-16-2)13-5-3-12(4-6-13)9-18-10-14(15)8-17-18/h3-6,8,10-11,16H,7,9H2,1-2H3. The number of nitrogens with one attached hydrogen (secondary N) is 1. The van der Waals surface area contributed by atoms with Crippen LogP contribution in [0.15, 0.2) is 36.7 Å². The molecule has 18 heavy (non-hydrogen) atoms. The second-order valence-corrected chi connectivity index (χ2v) is 5.80. The molecule has 1 aromatic carbocycles. The van der Waals surface area contributed by atoms with Gasteiger partial charge in [-0.1, -0.05) is 31.2 Å². The van der Waals surface area contributed by atoms with Crippen LogP contribution in [0.2, 0.25) is 0 Å². The van der Waals surface area contributed by atoms with Crippen molar-refractivity contribution < 1.29 is 0 Å². The summed E-state index contributed by atoms with van der Waals surface area (Å²) in [5.41, 5.74) is 2.66. The van der Waals surface area contributed by atoms with E-state index in [1.54, 1.807) is 0 Å². The van der Waals surface area contributed by atoms with Crippen molar-refractivity contribution in [3.05, 3.63) is 51.4 Å². The van der Waals surface area contributed by atoms with Crippen molar-refractivity contribution in [2.24, 2.45) is 0 Å². The van der Waals surface area contributed by atoms with Crippen LogP contribution in [0.1, 0.15) is 24.0 Å². The van der Waals surface area contributed by atoms with Gasteiger partial charge in [-0.2, -0.15) is 5.10 Å². The summed E-state index contributed by atoms with van der Waals surface area (Å²) < 4.78 is 3.14. The summed E-state index contributed by atoms with van der Waals surface area (Å²) in [6, 6.07) is 8.81. The van der Waals surface area contributed by atoms with Crippen LogP contribution in [0.4, 0.5) is 0 Å². The van der Waals surface area contributed by atoms with Crippen LogP contribution in [0.25, 0.3) is 0 Å². The third-order valence-corrected chi connectivity index (χ3v) is 3.56. The number of rotatable bonds is 5. The van der Waals surface area contributed by atoms with Crippen LogP contribution >= 0.6 is 22.6 Å². The van der Waals surface area contributed by atoms with Crippen molar-refractivity contribution in [2.45, 2.75) is 19.4 Å². The Morgan fingerprint density at radius 3 is 2.61 bits per heavy atom. The Balaban J connectivity index is 2.03. The smallest absolute Gasteiger partial charge is 0.0659 e. The van der Waals surface area contributed by atoms with Crippen molar-refractivity contribution in [3.63, 3.8) is 0 Å². The normalized spacial score (nSPS) is 12.6. The van der Waals surface area contributed by atoms with E-state index in [2.05, 4.69) is 70.4 Å². The molecule has 96 valence electrons. The minimum absolute atomic E-state index is 0.551. The maximum Gasteiger partial charge on any atom is 0.0659 e. The number of benzene rings is 1. The average Bonchev–Trinajstić information content (AvgIpc) is 2.76. The number of halogens is 1. The van der Waals surface area contributed by atoms with Gasteiger partial charge in [-0.3, -0.25) is 4.68 Å². The number of likely N-dealkylation sites (N-methyl/N-ethyl adjacent to an activating group) is 1. The molecule has 1 heterocycles. The molecule has 0 saturated carbocycles. The summed E-state index contributed by atoms with van der Waals surface area (Å²) in [7, 11) is 1.99.